The highest BCUT2D eigenvalue weighted by Gasteiger charge is 2.19. The van der Waals surface area contributed by atoms with Crippen molar-refractivity contribution in [3.63, 3.8) is 0 Å². The molecule has 2 aliphatic heterocycles. The van der Waals surface area contributed by atoms with Gasteiger partial charge in [-0.05, 0) is 75.7 Å². The van der Waals surface area contributed by atoms with Crippen LogP contribution in [0.5, 0.6) is 5.75 Å². The molecule has 150 valence electrons. The molecule has 4 nitrogen and oxygen atoms in total. The third-order valence-electron chi connectivity index (χ3n) is 5.96. The Morgan fingerprint density at radius 3 is 2.89 bits per heavy atom. The van der Waals surface area contributed by atoms with Gasteiger partial charge >= 0.3 is 0 Å². The molecule has 2 heterocycles. The largest absolute Gasteiger partial charge is 0.493 e. The number of rotatable bonds is 10. The molecule has 0 N–H and O–H groups in total. The minimum atomic E-state index is 0.362. The molecule has 2 aliphatic rings. The Labute approximate surface area is 164 Å². The minimum Gasteiger partial charge on any atom is -0.493 e. The van der Waals surface area contributed by atoms with Crippen LogP contribution in [0.15, 0.2) is 18.2 Å². The second kappa shape index (κ2) is 10.1. The second-order valence-corrected chi connectivity index (χ2v) is 8.17. The van der Waals surface area contributed by atoms with Gasteiger partial charge in [0, 0.05) is 32.0 Å². The number of carbonyl (C=O) groups excluding carboxylic acids is 1. The lowest BCUT2D eigenvalue weighted by molar-refractivity contribution is -0.133. The lowest BCUT2D eigenvalue weighted by atomic mass is 10.0. The molecule has 1 aromatic carbocycles. The highest BCUT2D eigenvalue weighted by Crippen LogP contribution is 2.26. The number of nitrogens with zero attached hydrogens (tertiary/aromatic N) is 2. The number of amides is 1. The Hall–Kier alpha value is -1.55. The van der Waals surface area contributed by atoms with Crippen LogP contribution in [0.2, 0.25) is 0 Å². The van der Waals surface area contributed by atoms with Crippen molar-refractivity contribution in [3.8, 4) is 5.75 Å². The molecule has 0 bridgehead atoms. The van der Waals surface area contributed by atoms with Crippen molar-refractivity contribution in [1.29, 1.82) is 0 Å². The van der Waals surface area contributed by atoms with Gasteiger partial charge in [0.05, 0.1) is 6.61 Å². The molecule has 1 aromatic rings. The molecule has 3 rings (SSSR count). The summed E-state index contributed by atoms with van der Waals surface area (Å²) in [6.07, 6.45) is 8.63. The first-order valence-corrected chi connectivity index (χ1v) is 10.9. The van der Waals surface area contributed by atoms with E-state index in [0.717, 1.165) is 70.6 Å². The fraction of sp³-hybridized carbons (Fsp3) is 0.696. The zero-order valence-electron chi connectivity index (χ0n) is 17.2. The van der Waals surface area contributed by atoms with E-state index in [2.05, 4.69) is 41.8 Å². The van der Waals surface area contributed by atoms with E-state index in [1.807, 2.05) is 0 Å². The Bertz CT molecular complexity index is 616. The fourth-order valence-electron chi connectivity index (χ4n) is 4.39. The lowest BCUT2D eigenvalue weighted by Gasteiger charge is -2.30. The molecule has 0 aliphatic carbocycles. The average molecular weight is 373 g/mol. The van der Waals surface area contributed by atoms with Crippen molar-refractivity contribution in [1.82, 2.24) is 9.80 Å². The highest BCUT2D eigenvalue weighted by atomic mass is 16.5. The molecule has 4 heteroatoms. The second-order valence-electron chi connectivity index (χ2n) is 8.17. The van der Waals surface area contributed by atoms with E-state index >= 15 is 0 Å². The van der Waals surface area contributed by atoms with E-state index in [9.17, 15) is 4.79 Å². The molecule has 1 amide bonds. The van der Waals surface area contributed by atoms with E-state index in [4.69, 9.17) is 4.74 Å². The highest BCUT2D eigenvalue weighted by molar-refractivity contribution is 5.76. The van der Waals surface area contributed by atoms with Crippen molar-refractivity contribution in [2.45, 2.75) is 71.3 Å². The predicted octanol–water partition coefficient (Wildman–Crippen LogP) is 4.06. The third-order valence-corrected chi connectivity index (χ3v) is 5.96. The molecule has 1 saturated heterocycles. The van der Waals surface area contributed by atoms with Gasteiger partial charge in [-0.15, -0.1) is 0 Å². The van der Waals surface area contributed by atoms with Crippen molar-refractivity contribution >= 4 is 5.91 Å². The Kier molecular flexibility index (Phi) is 7.57. The maximum atomic E-state index is 11.9. The number of likely N-dealkylation sites (tertiary alicyclic amines) is 1. The molecular formula is C23H36N2O2. The van der Waals surface area contributed by atoms with Gasteiger partial charge in [0.2, 0.25) is 5.91 Å². The SMILES string of the molecule is CCCN(CCCCN1CCCCC1=O)C(C)Cc1ccc2c(c1)CCO2. The maximum Gasteiger partial charge on any atom is 0.222 e. The van der Waals surface area contributed by atoms with Crippen molar-refractivity contribution in [2.24, 2.45) is 0 Å². The summed E-state index contributed by atoms with van der Waals surface area (Å²) in [5.41, 5.74) is 2.79. The first-order chi connectivity index (χ1) is 13.2. The van der Waals surface area contributed by atoms with Crippen LogP contribution < -0.4 is 4.74 Å². The topological polar surface area (TPSA) is 32.8 Å². The number of fused-ring (bicyclic) bond motifs is 1. The number of piperidine rings is 1. The minimum absolute atomic E-state index is 0.362. The summed E-state index contributed by atoms with van der Waals surface area (Å²) in [5.74, 6) is 1.43. The summed E-state index contributed by atoms with van der Waals surface area (Å²) >= 11 is 0. The smallest absolute Gasteiger partial charge is 0.222 e. The number of carbonyl (C=O) groups is 1. The fourth-order valence-corrected chi connectivity index (χ4v) is 4.39. The zero-order chi connectivity index (χ0) is 19.1. The van der Waals surface area contributed by atoms with Crippen LogP contribution in [0.25, 0.3) is 0 Å². The van der Waals surface area contributed by atoms with Crippen LogP contribution in [-0.2, 0) is 17.6 Å². The van der Waals surface area contributed by atoms with Crippen LogP contribution in [0.1, 0.15) is 63.5 Å². The number of unbranched alkanes of at least 4 members (excludes halogenated alkanes) is 1. The molecule has 1 unspecified atom stereocenters. The van der Waals surface area contributed by atoms with Crippen LogP contribution in [0.4, 0.5) is 0 Å². The summed E-state index contributed by atoms with van der Waals surface area (Å²) in [5, 5.41) is 0. The number of hydrogen-bond donors (Lipinski definition) is 0. The van der Waals surface area contributed by atoms with Gasteiger partial charge in [0.15, 0.2) is 0 Å². The van der Waals surface area contributed by atoms with E-state index in [0.29, 0.717) is 11.9 Å². The van der Waals surface area contributed by atoms with Gasteiger partial charge in [-0.3, -0.25) is 4.79 Å². The molecule has 0 aromatic heterocycles. The molecule has 0 radical (unpaired) electrons. The predicted molar refractivity (Wildman–Crippen MR) is 110 cm³/mol. The lowest BCUT2D eigenvalue weighted by Crippen LogP contribution is -2.38. The van der Waals surface area contributed by atoms with E-state index in [1.54, 1.807) is 0 Å². The summed E-state index contributed by atoms with van der Waals surface area (Å²) in [7, 11) is 0. The first-order valence-electron chi connectivity index (χ1n) is 10.9. The quantitative estimate of drug-likeness (QED) is 0.581. The molecule has 27 heavy (non-hydrogen) atoms. The van der Waals surface area contributed by atoms with Gasteiger partial charge in [-0.25, -0.2) is 0 Å². The normalized spacial score (nSPS) is 17.9. The molecule has 0 spiro atoms. The zero-order valence-corrected chi connectivity index (χ0v) is 17.2. The third kappa shape index (κ3) is 5.71. The Morgan fingerprint density at radius 2 is 2.07 bits per heavy atom. The first kappa shape index (κ1) is 20.2. The molecular weight excluding hydrogens is 336 g/mol. The summed E-state index contributed by atoms with van der Waals surface area (Å²) in [6, 6.07) is 7.25. The maximum absolute atomic E-state index is 11.9. The van der Waals surface area contributed by atoms with E-state index in [1.165, 1.54) is 30.4 Å². The van der Waals surface area contributed by atoms with E-state index in [-0.39, 0.29) is 0 Å². The van der Waals surface area contributed by atoms with Gasteiger partial charge < -0.3 is 14.5 Å². The number of benzene rings is 1. The van der Waals surface area contributed by atoms with Crippen LogP contribution in [-0.4, -0.2) is 54.5 Å². The number of hydrogen-bond acceptors (Lipinski definition) is 3. The summed E-state index contributed by atoms with van der Waals surface area (Å²) < 4.78 is 5.63. The van der Waals surface area contributed by atoms with Gasteiger partial charge in [0.25, 0.3) is 0 Å². The Balaban J connectivity index is 1.45. The summed E-state index contributed by atoms with van der Waals surface area (Å²) in [4.78, 5) is 16.6. The van der Waals surface area contributed by atoms with Crippen molar-refractivity contribution in [3.05, 3.63) is 29.3 Å². The van der Waals surface area contributed by atoms with Crippen molar-refractivity contribution in [2.75, 3.05) is 32.8 Å². The van der Waals surface area contributed by atoms with Crippen LogP contribution in [0, 0.1) is 0 Å². The molecule has 1 atom stereocenters. The standard InChI is InChI=1S/C23H36N2O2/c1-3-12-24(13-6-7-15-25-14-5-4-8-23(25)26)19(2)17-20-9-10-22-21(18-20)11-16-27-22/h9-10,18-19H,3-8,11-17H2,1-2H3. The average Bonchev–Trinajstić information content (AvgIpc) is 3.13. The van der Waals surface area contributed by atoms with Crippen molar-refractivity contribution < 1.29 is 9.53 Å². The van der Waals surface area contributed by atoms with Crippen LogP contribution >= 0.6 is 0 Å². The Morgan fingerprint density at radius 1 is 1.19 bits per heavy atom. The molecule has 1 fully saturated rings. The van der Waals surface area contributed by atoms with Gasteiger partial charge in [-0.2, -0.15) is 0 Å². The van der Waals surface area contributed by atoms with E-state index < -0.39 is 0 Å². The summed E-state index contributed by atoms with van der Waals surface area (Å²) in [6.45, 7) is 9.64. The van der Waals surface area contributed by atoms with Gasteiger partial charge in [0.1, 0.15) is 5.75 Å². The number of ether oxygens (including phenoxy) is 1. The monoisotopic (exact) mass is 372 g/mol. The molecule has 0 saturated carbocycles. The van der Waals surface area contributed by atoms with Crippen LogP contribution in [0.3, 0.4) is 0 Å². The van der Waals surface area contributed by atoms with Gasteiger partial charge in [-0.1, -0.05) is 19.1 Å².